The third-order valence-corrected chi connectivity index (χ3v) is 1.54. The summed E-state index contributed by atoms with van der Waals surface area (Å²) in [6.07, 6.45) is 0.106. The van der Waals surface area contributed by atoms with Gasteiger partial charge < -0.3 is 14.8 Å². The van der Waals surface area contributed by atoms with Crippen LogP contribution in [0.4, 0.5) is 0 Å². The molecule has 0 rings (SSSR count). The van der Waals surface area contributed by atoms with Gasteiger partial charge >= 0.3 is 5.97 Å². The van der Waals surface area contributed by atoms with Gasteiger partial charge in [0.25, 0.3) is 0 Å². The van der Waals surface area contributed by atoms with Gasteiger partial charge in [0.15, 0.2) is 0 Å². The number of aldehydes is 1. The first kappa shape index (κ1) is 10.6. The van der Waals surface area contributed by atoms with Gasteiger partial charge in [0, 0.05) is 14.0 Å². The van der Waals surface area contributed by atoms with E-state index in [4.69, 9.17) is 5.11 Å². The first-order chi connectivity index (χ1) is 5.49. The highest BCUT2D eigenvalue weighted by Crippen LogP contribution is 1.99. The highest BCUT2D eigenvalue weighted by Gasteiger charge is 2.18. The summed E-state index contributed by atoms with van der Waals surface area (Å²) >= 11 is 0. The number of carbonyl (C=O) groups is 3. The number of likely N-dealkylation sites (N-methyl/N-ethyl adjacent to an activating group) is 1. The molecule has 0 spiro atoms. The van der Waals surface area contributed by atoms with Gasteiger partial charge in [0.2, 0.25) is 5.91 Å². The fourth-order valence-corrected chi connectivity index (χ4v) is 0.689. The maximum Gasteiger partial charge on any atom is 0.305 e. The van der Waals surface area contributed by atoms with E-state index in [1.807, 2.05) is 0 Å². The van der Waals surface area contributed by atoms with Crippen molar-refractivity contribution in [3.05, 3.63) is 0 Å². The second-order valence-corrected chi connectivity index (χ2v) is 2.43. The van der Waals surface area contributed by atoms with Crippen molar-refractivity contribution < 1.29 is 19.5 Å². The summed E-state index contributed by atoms with van der Waals surface area (Å²) in [5, 5.41) is 8.35. The summed E-state index contributed by atoms with van der Waals surface area (Å²) in [6, 6.07) is -0.861. The third kappa shape index (κ3) is 3.14. The minimum atomic E-state index is -1.10. The Morgan fingerprint density at radius 2 is 2.08 bits per heavy atom. The predicted molar refractivity (Wildman–Crippen MR) is 40.5 cm³/mol. The topological polar surface area (TPSA) is 74.7 Å². The van der Waals surface area contributed by atoms with Crippen LogP contribution < -0.4 is 0 Å². The highest BCUT2D eigenvalue weighted by molar-refractivity contribution is 5.80. The SMILES string of the molecule is CC(=O)N(C)[C@H](C=O)CC(=O)O. The van der Waals surface area contributed by atoms with E-state index in [0.717, 1.165) is 4.90 Å². The fourth-order valence-electron chi connectivity index (χ4n) is 0.689. The van der Waals surface area contributed by atoms with Gasteiger partial charge in [-0.1, -0.05) is 0 Å². The number of hydrogen-bond acceptors (Lipinski definition) is 3. The lowest BCUT2D eigenvalue weighted by Crippen LogP contribution is -2.38. The van der Waals surface area contributed by atoms with Crippen molar-refractivity contribution >= 4 is 18.2 Å². The van der Waals surface area contributed by atoms with Gasteiger partial charge in [0.1, 0.15) is 6.29 Å². The van der Waals surface area contributed by atoms with Gasteiger partial charge in [0.05, 0.1) is 12.5 Å². The molecular formula is C7H11NO4. The van der Waals surface area contributed by atoms with Crippen LogP contribution in [0.25, 0.3) is 0 Å². The van der Waals surface area contributed by atoms with Gasteiger partial charge in [-0.25, -0.2) is 0 Å². The lowest BCUT2D eigenvalue weighted by Gasteiger charge is -2.20. The van der Waals surface area contributed by atoms with E-state index in [0.29, 0.717) is 6.29 Å². The summed E-state index contributed by atoms with van der Waals surface area (Å²) in [6.45, 7) is 1.28. The Balaban J connectivity index is 4.23. The van der Waals surface area contributed by atoms with Crippen LogP contribution in [0.1, 0.15) is 13.3 Å². The van der Waals surface area contributed by atoms with Crippen molar-refractivity contribution in [2.75, 3.05) is 7.05 Å². The smallest absolute Gasteiger partial charge is 0.305 e. The quantitative estimate of drug-likeness (QED) is 0.582. The molecule has 0 aliphatic heterocycles. The van der Waals surface area contributed by atoms with Crippen LogP contribution in [0, 0.1) is 0 Å². The van der Waals surface area contributed by atoms with E-state index in [1.54, 1.807) is 0 Å². The number of hydrogen-bond donors (Lipinski definition) is 1. The molecule has 0 aliphatic carbocycles. The number of amides is 1. The first-order valence-electron chi connectivity index (χ1n) is 3.39. The maximum atomic E-state index is 10.7. The molecule has 68 valence electrons. The zero-order valence-electron chi connectivity index (χ0n) is 6.98. The number of carboxylic acids is 1. The molecule has 0 aliphatic rings. The molecule has 0 unspecified atom stereocenters. The minimum Gasteiger partial charge on any atom is -0.481 e. The Morgan fingerprint density at radius 1 is 1.58 bits per heavy atom. The average molecular weight is 173 g/mol. The normalized spacial score (nSPS) is 11.8. The number of carbonyl (C=O) groups excluding carboxylic acids is 2. The molecule has 0 saturated heterocycles. The predicted octanol–water partition coefficient (Wildman–Crippen LogP) is -0.493. The highest BCUT2D eigenvalue weighted by atomic mass is 16.4. The molecule has 5 heteroatoms. The second-order valence-electron chi connectivity index (χ2n) is 2.43. The van der Waals surface area contributed by atoms with Crippen molar-refractivity contribution in [2.45, 2.75) is 19.4 Å². The van der Waals surface area contributed by atoms with Crippen molar-refractivity contribution in [1.82, 2.24) is 4.90 Å². The summed E-state index contributed by atoms with van der Waals surface area (Å²) in [5.41, 5.74) is 0. The van der Waals surface area contributed by atoms with E-state index >= 15 is 0 Å². The molecule has 0 fully saturated rings. The first-order valence-corrected chi connectivity index (χ1v) is 3.39. The monoisotopic (exact) mass is 173 g/mol. The Morgan fingerprint density at radius 3 is 2.33 bits per heavy atom. The van der Waals surface area contributed by atoms with Crippen LogP contribution in [-0.4, -0.2) is 41.3 Å². The number of aliphatic carboxylic acids is 1. The molecule has 0 aromatic heterocycles. The van der Waals surface area contributed by atoms with Crippen LogP contribution in [-0.2, 0) is 14.4 Å². The van der Waals surface area contributed by atoms with Crippen LogP contribution >= 0.6 is 0 Å². The molecule has 0 bridgehead atoms. The lowest BCUT2D eigenvalue weighted by atomic mass is 10.2. The van der Waals surface area contributed by atoms with Crippen LogP contribution in [0.5, 0.6) is 0 Å². The molecule has 1 amide bonds. The molecule has 1 N–H and O–H groups in total. The van der Waals surface area contributed by atoms with E-state index in [-0.39, 0.29) is 12.3 Å². The average Bonchev–Trinajstić information content (AvgIpc) is 1.98. The summed E-state index contributed by atoms with van der Waals surface area (Å²) < 4.78 is 0. The molecule has 12 heavy (non-hydrogen) atoms. The molecule has 0 radical (unpaired) electrons. The standard InChI is InChI=1S/C7H11NO4/c1-5(10)8(2)6(4-9)3-7(11)12/h4,6H,3H2,1-2H3,(H,11,12)/t6-/m0/s1. The molecule has 0 heterocycles. The van der Waals surface area contributed by atoms with Crippen molar-refractivity contribution in [3.63, 3.8) is 0 Å². The van der Waals surface area contributed by atoms with Crippen molar-refractivity contribution in [3.8, 4) is 0 Å². The summed E-state index contributed by atoms with van der Waals surface area (Å²) in [7, 11) is 1.39. The zero-order chi connectivity index (χ0) is 9.72. The lowest BCUT2D eigenvalue weighted by molar-refractivity contribution is -0.141. The largest absolute Gasteiger partial charge is 0.481 e. The Kier molecular flexibility index (Phi) is 3.96. The molecule has 5 nitrogen and oxygen atoms in total. The number of nitrogens with zero attached hydrogens (tertiary/aromatic N) is 1. The minimum absolute atomic E-state index is 0.326. The second kappa shape index (κ2) is 4.48. The molecule has 0 aromatic rings. The van der Waals surface area contributed by atoms with Gasteiger partial charge in [-0.05, 0) is 0 Å². The van der Waals surface area contributed by atoms with E-state index in [1.165, 1.54) is 14.0 Å². The van der Waals surface area contributed by atoms with E-state index < -0.39 is 12.0 Å². The van der Waals surface area contributed by atoms with Crippen LogP contribution in [0.3, 0.4) is 0 Å². The van der Waals surface area contributed by atoms with Crippen molar-refractivity contribution in [2.24, 2.45) is 0 Å². The Bertz CT molecular complexity index is 202. The molecule has 0 saturated carbocycles. The van der Waals surface area contributed by atoms with Gasteiger partial charge in [-0.15, -0.1) is 0 Å². The van der Waals surface area contributed by atoms with E-state index in [9.17, 15) is 14.4 Å². The van der Waals surface area contributed by atoms with Crippen LogP contribution in [0.2, 0.25) is 0 Å². The Hall–Kier alpha value is -1.39. The fraction of sp³-hybridized carbons (Fsp3) is 0.571. The maximum absolute atomic E-state index is 10.7. The number of carboxylic acid groups (broad SMARTS) is 1. The molecule has 0 aromatic carbocycles. The van der Waals surface area contributed by atoms with Gasteiger partial charge in [-0.2, -0.15) is 0 Å². The van der Waals surface area contributed by atoms with E-state index in [2.05, 4.69) is 0 Å². The van der Waals surface area contributed by atoms with Crippen molar-refractivity contribution in [1.29, 1.82) is 0 Å². The molecule has 1 atom stereocenters. The van der Waals surface area contributed by atoms with Gasteiger partial charge in [-0.3, -0.25) is 9.59 Å². The summed E-state index contributed by atoms with van der Waals surface area (Å²) in [4.78, 5) is 32.3. The summed E-state index contributed by atoms with van der Waals surface area (Å²) in [5.74, 6) is -1.42. The zero-order valence-corrected chi connectivity index (χ0v) is 6.98. The van der Waals surface area contributed by atoms with Crippen LogP contribution in [0.15, 0.2) is 0 Å². The Labute approximate surface area is 70.0 Å². The third-order valence-electron chi connectivity index (χ3n) is 1.54. The molecular weight excluding hydrogens is 162 g/mol. The number of rotatable bonds is 4.